The molecule has 2 aromatic rings. The maximum atomic E-state index is 12.7. The smallest absolute Gasteiger partial charge is 0.270 e. The third-order valence-electron chi connectivity index (χ3n) is 4.37. The van der Waals surface area contributed by atoms with Crippen molar-refractivity contribution < 1.29 is 14.3 Å². The van der Waals surface area contributed by atoms with E-state index < -0.39 is 0 Å². The Morgan fingerprint density at radius 3 is 2.15 bits per heavy atom. The Bertz CT molecular complexity index is 730. The topological polar surface area (TPSA) is 65.6 Å². The molecule has 0 saturated carbocycles. The number of hydrogen-bond donors (Lipinski definition) is 1. The van der Waals surface area contributed by atoms with Crippen molar-refractivity contribution in [1.29, 1.82) is 0 Å². The van der Waals surface area contributed by atoms with Crippen LogP contribution < -0.4 is 4.74 Å². The predicted octanol–water partition coefficient (Wildman–Crippen LogP) is 2.65. The molecule has 2 amide bonds. The van der Waals surface area contributed by atoms with Gasteiger partial charge >= 0.3 is 0 Å². The fourth-order valence-corrected chi connectivity index (χ4v) is 2.89. The zero-order valence-electron chi connectivity index (χ0n) is 15.3. The van der Waals surface area contributed by atoms with E-state index >= 15 is 0 Å². The summed E-state index contributed by atoms with van der Waals surface area (Å²) in [4.78, 5) is 31.5. The number of benzene rings is 1. The Morgan fingerprint density at radius 1 is 1.00 bits per heavy atom. The van der Waals surface area contributed by atoms with Gasteiger partial charge in [-0.25, -0.2) is 0 Å². The molecule has 1 aromatic carbocycles. The van der Waals surface area contributed by atoms with Crippen molar-refractivity contribution in [2.75, 3.05) is 32.8 Å². The summed E-state index contributed by atoms with van der Waals surface area (Å²) in [7, 11) is 0. The molecule has 0 radical (unpaired) electrons. The van der Waals surface area contributed by atoms with Crippen molar-refractivity contribution in [2.45, 2.75) is 13.8 Å². The van der Waals surface area contributed by atoms with Crippen LogP contribution in [-0.2, 0) is 0 Å². The first kappa shape index (κ1) is 18.0. The molecule has 6 nitrogen and oxygen atoms in total. The molecule has 1 aliphatic rings. The van der Waals surface area contributed by atoms with Crippen LogP contribution in [0.2, 0.25) is 0 Å². The molecule has 6 heteroatoms. The van der Waals surface area contributed by atoms with Crippen LogP contribution in [-0.4, -0.2) is 59.4 Å². The summed E-state index contributed by atoms with van der Waals surface area (Å²) >= 11 is 0. The molecule has 2 heterocycles. The Morgan fingerprint density at radius 2 is 1.62 bits per heavy atom. The number of nitrogens with zero attached hydrogens (tertiary/aromatic N) is 2. The van der Waals surface area contributed by atoms with Gasteiger partial charge in [0.25, 0.3) is 11.8 Å². The summed E-state index contributed by atoms with van der Waals surface area (Å²) in [5.74, 6) is 1.21. The molecular formula is C20H25N3O3. The number of carbonyl (C=O) groups is 2. The standard InChI is InChI=1S/C20H25N3O3/c1-15(2)14-26-17-7-5-16(6-8-17)19(24)22-10-12-23(13-11-22)20(25)18-4-3-9-21-18/h3-9,15,21H,10-14H2,1-2H3. The van der Waals surface area contributed by atoms with Gasteiger partial charge in [-0.2, -0.15) is 0 Å². The molecule has 0 bridgehead atoms. The lowest BCUT2D eigenvalue weighted by atomic mass is 10.1. The number of piperazine rings is 1. The molecule has 0 aliphatic carbocycles. The summed E-state index contributed by atoms with van der Waals surface area (Å²) in [6.07, 6.45) is 1.74. The van der Waals surface area contributed by atoms with Gasteiger partial charge in [-0.15, -0.1) is 0 Å². The molecule has 0 unspecified atom stereocenters. The van der Waals surface area contributed by atoms with Crippen molar-refractivity contribution in [2.24, 2.45) is 5.92 Å². The monoisotopic (exact) mass is 355 g/mol. The van der Waals surface area contributed by atoms with E-state index in [2.05, 4.69) is 18.8 Å². The quantitative estimate of drug-likeness (QED) is 0.897. The Labute approximate surface area is 153 Å². The van der Waals surface area contributed by atoms with Crippen LogP contribution in [0.15, 0.2) is 42.6 Å². The van der Waals surface area contributed by atoms with Gasteiger partial charge in [-0.3, -0.25) is 9.59 Å². The highest BCUT2D eigenvalue weighted by Crippen LogP contribution is 2.16. The number of hydrogen-bond acceptors (Lipinski definition) is 3. The van der Waals surface area contributed by atoms with Gasteiger partial charge in [-0.1, -0.05) is 13.8 Å². The van der Waals surface area contributed by atoms with Crippen molar-refractivity contribution >= 4 is 11.8 Å². The summed E-state index contributed by atoms with van der Waals surface area (Å²) < 4.78 is 5.65. The lowest BCUT2D eigenvalue weighted by Crippen LogP contribution is -2.50. The van der Waals surface area contributed by atoms with Crippen molar-refractivity contribution in [3.8, 4) is 5.75 Å². The summed E-state index contributed by atoms with van der Waals surface area (Å²) in [6.45, 7) is 7.01. The van der Waals surface area contributed by atoms with Crippen LogP contribution in [0.3, 0.4) is 0 Å². The van der Waals surface area contributed by atoms with Gasteiger partial charge in [0.1, 0.15) is 11.4 Å². The molecule has 0 atom stereocenters. The first-order valence-electron chi connectivity index (χ1n) is 8.99. The van der Waals surface area contributed by atoms with Crippen LogP contribution in [0, 0.1) is 5.92 Å². The summed E-state index contributed by atoms with van der Waals surface area (Å²) in [5, 5.41) is 0. The minimum Gasteiger partial charge on any atom is -0.493 e. The number of rotatable bonds is 5. The summed E-state index contributed by atoms with van der Waals surface area (Å²) in [6, 6.07) is 10.8. The van der Waals surface area contributed by atoms with Gasteiger partial charge in [0, 0.05) is 37.9 Å². The van der Waals surface area contributed by atoms with Crippen LogP contribution in [0.25, 0.3) is 0 Å². The lowest BCUT2D eigenvalue weighted by Gasteiger charge is -2.34. The molecule has 0 spiro atoms. The molecule has 138 valence electrons. The summed E-state index contributed by atoms with van der Waals surface area (Å²) in [5.41, 5.74) is 1.23. The molecule has 1 aromatic heterocycles. The fourth-order valence-electron chi connectivity index (χ4n) is 2.89. The maximum absolute atomic E-state index is 12.7. The third-order valence-corrected chi connectivity index (χ3v) is 4.37. The second-order valence-electron chi connectivity index (χ2n) is 6.90. The van der Waals surface area contributed by atoms with Crippen LogP contribution >= 0.6 is 0 Å². The highest BCUT2D eigenvalue weighted by molar-refractivity contribution is 5.95. The van der Waals surface area contributed by atoms with E-state index in [1.807, 2.05) is 18.2 Å². The lowest BCUT2D eigenvalue weighted by molar-refractivity contribution is 0.0532. The van der Waals surface area contributed by atoms with Crippen molar-refractivity contribution in [3.05, 3.63) is 53.9 Å². The van der Waals surface area contributed by atoms with Crippen molar-refractivity contribution in [1.82, 2.24) is 14.8 Å². The molecule has 1 saturated heterocycles. The zero-order chi connectivity index (χ0) is 18.5. The predicted molar refractivity (Wildman–Crippen MR) is 99.4 cm³/mol. The first-order chi connectivity index (χ1) is 12.5. The fraction of sp³-hybridized carbons (Fsp3) is 0.400. The minimum absolute atomic E-state index is 0.00705. The van der Waals surface area contributed by atoms with E-state index in [1.165, 1.54) is 0 Å². The minimum atomic E-state index is -0.0197. The number of nitrogens with one attached hydrogen (secondary N) is 1. The van der Waals surface area contributed by atoms with E-state index in [0.29, 0.717) is 50.0 Å². The van der Waals surface area contributed by atoms with E-state index in [1.54, 1.807) is 34.2 Å². The van der Waals surface area contributed by atoms with Gasteiger partial charge in [-0.05, 0) is 42.3 Å². The van der Waals surface area contributed by atoms with E-state index in [-0.39, 0.29) is 11.8 Å². The van der Waals surface area contributed by atoms with Crippen LogP contribution in [0.5, 0.6) is 5.75 Å². The second kappa shape index (κ2) is 8.08. The molecule has 1 aliphatic heterocycles. The van der Waals surface area contributed by atoms with Gasteiger partial charge < -0.3 is 19.5 Å². The SMILES string of the molecule is CC(C)COc1ccc(C(=O)N2CCN(C(=O)c3ccc[nH]3)CC2)cc1. The number of aromatic nitrogens is 1. The third kappa shape index (κ3) is 4.25. The Balaban J connectivity index is 1.54. The van der Waals surface area contributed by atoms with E-state index in [0.717, 1.165) is 5.75 Å². The highest BCUT2D eigenvalue weighted by atomic mass is 16.5. The zero-order valence-corrected chi connectivity index (χ0v) is 15.3. The number of amides is 2. The normalized spacial score (nSPS) is 14.6. The number of aromatic amines is 1. The Kier molecular flexibility index (Phi) is 5.61. The van der Waals surface area contributed by atoms with E-state index in [4.69, 9.17) is 4.74 Å². The van der Waals surface area contributed by atoms with Crippen molar-refractivity contribution in [3.63, 3.8) is 0 Å². The van der Waals surface area contributed by atoms with Gasteiger partial charge in [0.2, 0.25) is 0 Å². The largest absolute Gasteiger partial charge is 0.493 e. The second-order valence-corrected chi connectivity index (χ2v) is 6.90. The van der Waals surface area contributed by atoms with Gasteiger partial charge in [0.15, 0.2) is 0 Å². The van der Waals surface area contributed by atoms with E-state index in [9.17, 15) is 9.59 Å². The van der Waals surface area contributed by atoms with Crippen LogP contribution in [0.1, 0.15) is 34.7 Å². The number of carbonyl (C=O) groups excluding carboxylic acids is 2. The Hall–Kier alpha value is -2.76. The van der Waals surface area contributed by atoms with Crippen LogP contribution in [0.4, 0.5) is 0 Å². The number of ether oxygens (including phenoxy) is 1. The average Bonchev–Trinajstić information content (AvgIpc) is 3.20. The molecule has 1 fully saturated rings. The molecular weight excluding hydrogens is 330 g/mol. The van der Waals surface area contributed by atoms with Gasteiger partial charge in [0.05, 0.1) is 6.61 Å². The first-order valence-corrected chi connectivity index (χ1v) is 8.99. The highest BCUT2D eigenvalue weighted by Gasteiger charge is 2.25. The molecule has 26 heavy (non-hydrogen) atoms. The molecule has 1 N–H and O–H groups in total. The average molecular weight is 355 g/mol. The molecule has 3 rings (SSSR count). The maximum Gasteiger partial charge on any atom is 0.270 e. The number of H-pyrrole nitrogens is 1.